The summed E-state index contributed by atoms with van der Waals surface area (Å²) in [6.07, 6.45) is 7.55. The number of hydrogen-bond donors (Lipinski definition) is 1. The summed E-state index contributed by atoms with van der Waals surface area (Å²) in [6, 6.07) is 6.72. The Morgan fingerprint density at radius 3 is 2.61 bits per heavy atom. The van der Waals surface area contributed by atoms with Gasteiger partial charge >= 0.3 is 0 Å². The van der Waals surface area contributed by atoms with Crippen molar-refractivity contribution in [3.63, 3.8) is 0 Å². The second-order valence-electron chi connectivity index (χ2n) is 6.40. The molecule has 3 aromatic heterocycles. The molecule has 0 spiro atoms. The van der Waals surface area contributed by atoms with Gasteiger partial charge in [0.25, 0.3) is 5.91 Å². The summed E-state index contributed by atoms with van der Waals surface area (Å²) in [7, 11) is 0. The van der Waals surface area contributed by atoms with Crippen molar-refractivity contribution in [1.82, 2.24) is 30.3 Å². The zero-order valence-corrected chi connectivity index (χ0v) is 15.0. The van der Waals surface area contributed by atoms with Crippen LogP contribution in [0.3, 0.4) is 0 Å². The molecule has 142 valence electrons. The van der Waals surface area contributed by atoms with Gasteiger partial charge in [-0.1, -0.05) is 5.16 Å². The van der Waals surface area contributed by atoms with Crippen molar-refractivity contribution in [2.24, 2.45) is 0 Å². The molecule has 0 aliphatic carbocycles. The van der Waals surface area contributed by atoms with Gasteiger partial charge in [0.15, 0.2) is 5.82 Å². The minimum absolute atomic E-state index is 0.0487. The number of likely N-dealkylation sites (tertiary alicyclic amines) is 1. The first-order valence-corrected chi connectivity index (χ1v) is 8.90. The van der Waals surface area contributed by atoms with Crippen molar-refractivity contribution in [2.75, 3.05) is 0 Å². The molecule has 3 aromatic rings. The van der Waals surface area contributed by atoms with Gasteiger partial charge in [-0.2, -0.15) is 4.98 Å². The van der Waals surface area contributed by atoms with Gasteiger partial charge in [-0.05, 0) is 36.2 Å². The molecular weight excluding hydrogens is 360 g/mol. The minimum Gasteiger partial charge on any atom is -0.345 e. The highest BCUT2D eigenvalue weighted by atomic mass is 16.5. The summed E-state index contributed by atoms with van der Waals surface area (Å²) in [6.45, 7) is 0.595. The lowest BCUT2D eigenvalue weighted by Gasteiger charge is -2.21. The van der Waals surface area contributed by atoms with Crippen LogP contribution in [0.1, 0.15) is 46.5 Å². The molecule has 9 nitrogen and oxygen atoms in total. The summed E-state index contributed by atoms with van der Waals surface area (Å²) < 4.78 is 5.37. The van der Waals surface area contributed by atoms with Crippen LogP contribution in [0.15, 0.2) is 53.6 Å². The molecule has 1 N–H and O–H groups in total. The van der Waals surface area contributed by atoms with Crippen LogP contribution in [0.25, 0.3) is 0 Å². The van der Waals surface area contributed by atoms with Crippen molar-refractivity contribution in [1.29, 1.82) is 0 Å². The largest absolute Gasteiger partial charge is 0.345 e. The van der Waals surface area contributed by atoms with Crippen LogP contribution >= 0.6 is 0 Å². The van der Waals surface area contributed by atoms with Gasteiger partial charge in [-0.3, -0.25) is 19.6 Å². The van der Waals surface area contributed by atoms with Crippen LogP contribution in [-0.4, -0.2) is 36.8 Å². The number of nitrogens with one attached hydrogen (secondary N) is 1. The zero-order valence-electron chi connectivity index (χ0n) is 15.0. The van der Waals surface area contributed by atoms with Crippen LogP contribution in [0.2, 0.25) is 0 Å². The summed E-state index contributed by atoms with van der Waals surface area (Å²) in [5, 5.41) is 6.67. The highest BCUT2D eigenvalue weighted by Gasteiger charge is 2.35. The summed E-state index contributed by atoms with van der Waals surface area (Å²) in [4.78, 5) is 38.4. The third kappa shape index (κ3) is 3.88. The standard InChI is InChI=1S/C19H18N6O3/c26-17-2-1-15(25(17)12-13-3-7-20-8-4-13)19-23-16(24-28-19)11-22-18(27)14-5-9-21-10-6-14/h3-10,15H,1-2,11-12H2,(H,22,27)/t15-/m0/s1. The van der Waals surface area contributed by atoms with E-state index in [9.17, 15) is 9.59 Å². The van der Waals surface area contributed by atoms with E-state index in [1.54, 1.807) is 41.8 Å². The molecule has 28 heavy (non-hydrogen) atoms. The number of hydrogen-bond acceptors (Lipinski definition) is 7. The van der Waals surface area contributed by atoms with Crippen LogP contribution in [0, 0.1) is 0 Å². The Morgan fingerprint density at radius 1 is 1.14 bits per heavy atom. The maximum absolute atomic E-state index is 12.3. The molecule has 1 aliphatic rings. The van der Waals surface area contributed by atoms with Crippen molar-refractivity contribution >= 4 is 11.8 Å². The van der Waals surface area contributed by atoms with E-state index in [1.807, 2.05) is 12.1 Å². The van der Waals surface area contributed by atoms with Gasteiger partial charge in [0.05, 0.1) is 6.54 Å². The fourth-order valence-corrected chi connectivity index (χ4v) is 3.11. The number of pyridine rings is 2. The Balaban J connectivity index is 1.41. The Kier molecular flexibility index (Phi) is 5.05. The van der Waals surface area contributed by atoms with Gasteiger partial charge in [0.2, 0.25) is 11.8 Å². The highest BCUT2D eigenvalue weighted by Crippen LogP contribution is 2.33. The van der Waals surface area contributed by atoms with Gasteiger partial charge in [-0.25, -0.2) is 0 Å². The third-order valence-corrected chi connectivity index (χ3v) is 4.55. The molecule has 0 radical (unpaired) electrons. The predicted molar refractivity (Wildman–Crippen MR) is 96.5 cm³/mol. The molecule has 1 atom stereocenters. The number of nitrogens with zero attached hydrogens (tertiary/aromatic N) is 5. The zero-order chi connectivity index (χ0) is 19.3. The number of amides is 2. The van der Waals surface area contributed by atoms with Gasteiger partial charge in [0.1, 0.15) is 6.04 Å². The van der Waals surface area contributed by atoms with Crippen molar-refractivity contribution in [3.05, 3.63) is 71.9 Å². The Bertz CT molecular complexity index is 960. The molecule has 4 rings (SSSR count). The topological polar surface area (TPSA) is 114 Å². The lowest BCUT2D eigenvalue weighted by Crippen LogP contribution is -2.27. The second-order valence-corrected chi connectivity index (χ2v) is 6.40. The van der Waals surface area contributed by atoms with E-state index < -0.39 is 0 Å². The van der Waals surface area contributed by atoms with Crippen molar-refractivity contribution in [3.8, 4) is 0 Å². The van der Waals surface area contributed by atoms with Gasteiger partial charge in [0, 0.05) is 43.3 Å². The Labute approximate surface area is 160 Å². The monoisotopic (exact) mass is 378 g/mol. The summed E-state index contributed by atoms with van der Waals surface area (Å²) in [5.41, 5.74) is 1.49. The molecule has 0 aromatic carbocycles. The predicted octanol–water partition coefficient (Wildman–Crippen LogP) is 1.65. The maximum Gasteiger partial charge on any atom is 0.251 e. The van der Waals surface area contributed by atoms with Gasteiger partial charge < -0.3 is 14.7 Å². The summed E-state index contributed by atoms with van der Waals surface area (Å²) in [5.74, 6) is 0.547. The van der Waals surface area contributed by atoms with E-state index in [-0.39, 0.29) is 24.4 Å². The van der Waals surface area contributed by atoms with Crippen LogP contribution in [0.4, 0.5) is 0 Å². The number of carbonyl (C=O) groups excluding carboxylic acids is 2. The molecule has 0 unspecified atom stereocenters. The fourth-order valence-electron chi connectivity index (χ4n) is 3.11. The number of carbonyl (C=O) groups is 2. The van der Waals surface area contributed by atoms with E-state index in [0.717, 1.165) is 5.56 Å². The molecule has 1 fully saturated rings. The minimum atomic E-state index is -0.266. The van der Waals surface area contributed by atoms with E-state index in [4.69, 9.17) is 4.52 Å². The lowest BCUT2D eigenvalue weighted by molar-refractivity contribution is -0.130. The number of aromatic nitrogens is 4. The molecule has 1 aliphatic heterocycles. The molecule has 2 amide bonds. The quantitative estimate of drug-likeness (QED) is 0.694. The number of rotatable bonds is 6. The van der Waals surface area contributed by atoms with Crippen molar-refractivity contribution < 1.29 is 14.1 Å². The molecular formula is C19H18N6O3. The third-order valence-electron chi connectivity index (χ3n) is 4.55. The Morgan fingerprint density at radius 2 is 1.86 bits per heavy atom. The molecule has 9 heteroatoms. The van der Waals surface area contributed by atoms with Crippen molar-refractivity contribution in [2.45, 2.75) is 32.0 Å². The molecule has 4 heterocycles. The molecule has 1 saturated heterocycles. The SMILES string of the molecule is O=C(NCc1noc([C@@H]2CCC(=O)N2Cc2ccncc2)n1)c1ccncc1. The highest BCUT2D eigenvalue weighted by molar-refractivity contribution is 5.93. The molecule has 0 saturated carbocycles. The van der Waals surface area contributed by atoms with E-state index >= 15 is 0 Å². The first kappa shape index (κ1) is 17.8. The molecule has 0 bridgehead atoms. The Hall–Kier alpha value is -3.62. The van der Waals surface area contributed by atoms with E-state index in [1.165, 1.54) is 0 Å². The van der Waals surface area contributed by atoms with Crippen LogP contribution < -0.4 is 5.32 Å². The second kappa shape index (κ2) is 7.95. The normalized spacial score (nSPS) is 16.4. The smallest absolute Gasteiger partial charge is 0.251 e. The van der Waals surface area contributed by atoms with Gasteiger partial charge in [-0.15, -0.1) is 0 Å². The average Bonchev–Trinajstić information content (AvgIpc) is 3.35. The van der Waals surface area contributed by atoms with Crippen LogP contribution in [0.5, 0.6) is 0 Å². The first-order chi connectivity index (χ1) is 13.7. The van der Waals surface area contributed by atoms with E-state index in [2.05, 4.69) is 25.4 Å². The maximum atomic E-state index is 12.3. The fraction of sp³-hybridized carbons (Fsp3) is 0.263. The van der Waals surface area contributed by atoms with Crippen LogP contribution in [-0.2, 0) is 17.9 Å². The van der Waals surface area contributed by atoms with E-state index in [0.29, 0.717) is 36.7 Å². The summed E-state index contributed by atoms with van der Waals surface area (Å²) >= 11 is 0. The average molecular weight is 378 g/mol. The lowest BCUT2D eigenvalue weighted by atomic mass is 10.2. The first-order valence-electron chi connectivity index (χ1n) is 8.90.